The van der Waals surface area contributed by atoms with Gasteiger partial charge in [0.25, 0.3) is 0 Å². The van der Waals surface area contributed by atoms with Gasteiger partial charge in [0.2, 0.25) is 0 Å². The summed E-state index contributed by atoms with van der Waals surface area (Å²) in [6.07, 6.45) is 1.08. The van der Waals surface area contributed by atoms with Gasteiger partial charge in [0.1, 0.15) is 6.29 Å². The number of amides is 1. The first kappa shape index (κ1) is 19.3. The molecule has 1 saturated carbocycles. The zero-order chi connectivity index (χ0) is 18.3. The summed E-state index contributed by atoms with van der Waals surface area (Å²) in [6, 6.07) is 4.52. The molecule has 7 heteroatoms. The molecule has 4 nitrogen and oxygen atoms in total. The van der Waals surface area contributed by atoms with Gasteiger partial charge >= 0.3 is 12.3 Å². The molecule has 0 spiro atoms. The largest absolute Gasteiger partial charge is 0.449 e. The van der Waals surface area contributed by atoms with Crippen LogP contribution in [0.25, 0.3) is 0 Å². The maximum Gasteiger partial charge on any atom is 0.416 e. The molecule has 1 aliphatic carbocycles. The number of carbonyl (C=O) groups is 2. The van der Waals surface area contributed by atoms with Crippen LogP contribution in [0.1, 0.15) is 43.2 Å². The van der Waals surface area contributed by atoms with Crippen LogP contribution in [0.15, 0.2) is 24.3 Å². The number of carbonyl (C=O) groups excluding carboxylic acids is 2. The van der Waals surface area contributed by atoms with E-state index in [9.17, 15) is 22.8 Å². The van der Waals surface area contributed by atoms with Gasteiger partial charge in [0.05, 0.1) is 18.7 Å². The molecule has 0 bridgehead atoms. The van der Waals surface area contributed by atoms with Crippen molar-refractivity contribution in [1.82, 2.24) is 4.90 Å². The average molecular weight is 357 g/mol. The molecule has 0 heterocycles. The summed E-state index contributed by atoms with van der Waals surface area (Å²) >= 11 is 0. The van der Waals surface area contributed by atoms with Crippen molar-refractivity contribution in [3.63, 3.8) is 0 Å². The van der Waals surface area contributed by atoms with Gasteiger partial charge < -0.3 is 9.53 Å². The van der Waals surface area contributed by atoms with E-state index in [-0.39, 0.29) is 13.1 Å². The number of rotatable bonds is 6. The Morgan fingerprint density at radius 3 is 2.36 bits per heavy atom. The summed E-state index contributed by atoms with van der Waals surface area (Å²) in [5.74, 6) is 0.349. The van der Waals surface area contributed by atoms with E-state index in [0.717, 1.165) is 37.8 Å². The molecule has 1 aromatic rings. The lowest BCUT2D eigenvalue weighted by molar-refractivity contribution is -0.137. The first-order valence-electron chi connectivity index (χ1n) is 8.41. The molecule has 1 aromatic carbocycles. The third kappa shape index (κ3) is 6.07. The summed E-state index contributed by atoms with van der Waals surface area (Å²) in [5.41, 5.74) is -0.248. The van der Waals surface area contributed by atoms with Crippen molar-refractivity contribution in [2.24, 2.45) is 5.92 Å². The van der Waals surface area contributed by atoms with Crippen LogP contribution in [0.5, 0.6) is 0 Å². The van der Waals surface area contributed by atoms with E-state index in [1.807, 2.05) is 0 Å². The highest BCUT2D eigenvalue weighted by Crippen LogP contribution is 2.29. The zero-order valence-electron chi connectivity index (χ0n) is 13.9. The number of hydrogen-bond acceptors (Lipinski definition) is 3. The van der Waals surface area contributed by atoms with Crippen molar-refractivity contribution in [3.05, 3.63) is 35.4 Å². The minimum atomic E-state index is -4.40. The van der Waals surface area contributed by atoms with Crippen molar-refractivity contribution in [2.75, 3.05) is 13.2 Å². The van der Waals surface area contributed by atoms with Gasteiger partial charge in [-0.15, -0.1) is 0 Å². The van der Waals surface area contributed by atoms with E-state index in [2.05, 4.69) is 0 Å². The molecule has 1 amide bonds. The van der Waals surface area contributed by atoms with Gasteiger partial charge in [0, 0.05) is 6.54 Å². The monoisotopic (exact) mass is 357 g/mol. The average Bonchev–Trinajstić information content (AvgIpc) is 2.60. The fourth-order valence-electron chi connectivity index (χ4n) is 2.95. The first-order valence-corrected chi connectivity index (χ1v) is 8.41. The standard InChI is InChI=1S/C18H22F3NO3/c19-18(20,21)16-8-6-14(7-9-16)12-22(10-11-23)17(24)25-13-15-4-2-1-3-5-15/h6-9,11,15H,1-5,10,12-13H2. The molecule has 1 fully saturated rings. The lowest BCUT2D eigenvalue weighted by atomic mass is 9.90. The Morgan fingerprint density at radius 2 is 1.80 bits per heavy atom. The van der Waals surface area contributed by atoms with Gasteiger partial charge in [-0.2, -0.15) is 13.2 Å². The van der Waals surface area contributed by atoms with Crippen LogP contribution in [0, 0.1) is 5.92 Å². The van der Waals surface area contributed by atoms with Gasteiger partial charge in [-0.05, 0) is 36.5 Å². The van der Waals surface area contributed by atoms with Gasteiger partial charge in [0.15, 0.2) is 0 Å². The molecule has 2 rings (SSSR count). The Morgan fingerprint density at radius 1 is 1.16 bits per heavy atom. The van der Waals surface area contributed by atoms with E-state index in [1.165, 1.54) is 23.5 Å². The first-order chi connectivity index (χ1) is 11.9. The molecule has 25 heavy (non-hydrogen) atoms. The number of hydrogen-bond donors (Lipinski definition) is 0. The molecule has 0 aliphatic heterocycles. The summed E-state index contributed by atoms with van der Waals surface area (Å²) in [4.78, 5) is 24.2. The third-order valence-electron chi connectivity index (χ3n) is 4.38. The van der Waals surface area contributed by atoms with E-state index >= 15 is 0 Å². The van der Waals surface area contributed by atoms with Gasteiger partial charge in [-0.3, -0.25) is 4.90 Å². The summed E-state index contributed by atoms with van der Waals surface area (Å²) in [5, 5.41) is 0. The second kappa shape index (κ2) is 8.87. The van der Waals surface area contributed by atoms with Crippen LogP contribution >= 0.6 is 0 Å². The third-order valence-corrected chi connectivity index (χ3v) is 4.38. The number of halogens is 3. The van der Waals surface area contributed by atoms with Crippen LogP contribution in [0.4, 0.5) is 18.0 Å². The molecule has 0 atom stereocenters. The highest BCUT2D eigenvalue weighted by molar-refractivity contribution is 5.71. The van der Waals surface area contributed by atoms with Crippen LogP contribution in [0.2, 0.25) is 0 Å². The lowest BCUT2D eigenvalue weighted by Gasteiger charge is -2.24. The Labute approximate surface area is 144 Å². The van der Waals surface area contributed by atoms with Crippen LogP contribution < -0.4 is 0 Å². The quantitative estimate of drug-likeness (QED) is 0.708. The van der Waals surface area contributed by atoms with Crippen LogP contribution in [-0.2, 0) is 22.3 Å². The minimum Gasteiger partial charge on any atom is -0.449 e. The molecule has 0 radical (unpaired) electrons. The van der Waals surface area contributed by atoms with E-state index in [1.54, 1.807) is 0 Å². The lowest BCUT2D eigenvalue weighted by Crippen LogP contribution is -2.34. The fourth-order valence-corrected chi connectivity index (χ4v) is 2.95. The van der Waals surface area contributed by atoms with Crippen molar-refractivity contribution in [3.8, 4) is 0 Å². The molecule has 1 aliphatic rings. The molecule has 0 saturated heterocycles. The van der Waals surface area contributed by atoms with Crippen LogP contribution in [-0.4, -0.2) is 30.4 Å². The molecular formula is C18H22F3NO3. The Bertz CT molecular complexity index is 566. The van der Waals surface area contributed by atoms with Crippen molar-refractivity contribution < 1.29 is 27.5 Å². The Kier molecular flexibility index (Phi) is 6.84. The number of ether oxygens (including phenoxy) is 1. The number of aldehydes is 1. The molecular weight excluding hydrogens is 335 g/mol. The summed E-state index contributed by atoms with van der Waals surface area (Å²) < 4.78 is 43.0. The molecule has 0 aromatic heterocycles. The highest BCUT2D eigenvalue weighted by Gasteiger charge is 2.30. The van der Waals surface area contributed by atoms with Crippen LogP contribution in [0.3, 0.4) is 0 Å². The molecule has 0 unspecified atom stereocenters. The fraction of sp³-hybridized carbons (Fsp3) is 0.556. The molecule has 0 N–H and O–H groups in total. The SMILES string of the molecule is O=CCN(Cc1ccc(C(F)(F)F)cc1)C(=O)OCC1CCCCC1. The second-order valence-corrected chi connectivity index (χ2v) is 6.32. The zero-order valence-corrected chi connectivity index (χ0v) is 13.9. The second-order valence-electron chi connectivity index (χ2n) is 6.32. The summed E-state index contributed by atoms with van der Waals surface area (Å²) in [6.45, 7) is 0.187. The van der Waals surface area contributed by atoms with Crippen molar-refractivity contribution in [1.29, 1.82) is 0 Å². The predicted molar refractivity (Wildman–Crippen MR) is 85.8 cm³/mol. The Hall–Kier alpha value is -2.05. The number of benzene rings is 1. The predicted octanol–water partition coefficient (Wildman–Crippen LogP) is 4.42. The van der Waals surface area contributed by atoms with E-state index in [0.29, 0.717) is 24.4 Å². The van der Waals surface area contributed by atoms with Crippen molar-refractivity contribution in [2.45, 2.75) is 44.8 Å². The molecule has 138 valence electrons. The number of alkyl halides is 3. The van der Waals surface area contributed by atoms with Gasteiger partial charge in [-0.1, -0.05) is 31.4 Å². The number of nitrogens with zero attached hydrogens (tertiary/aromatic N) is 1. The van der Waals surface area contributed by atoms with Gasteiger partial charge in [-0.25, -0.2) is 4.79 Å². The minimum absolute atomic E-state index is 0.0282. The van der Waals surface area contributed by atoms with E-state index in [4.69, 9.17) is 4.74 Å². The highest BCUT2D eigenvalue weighted by atomic mass is 19.4. The maximum atomic E-state index is 12.6. The topological polar surface area (TPSA) is 46.6 Å². The Balaban J connectivity index is 1.92. The maximum absolute atomic E-state index is 12.6. The van der Waals surface area contributed by atoms with Crippen molar-refractivity contribution >= 4 is 12.4 Å². The smallest absolute Gasteiger partial charge is 0.416 e. The van der Waals surface area contributed by atoms with E-state index < -0.39 is 17.8 Å². The normalized spacial score (nSPS) is 15.6. The summed E-state index contributed by atoms with van der Waals surface area (Å²) in [7, 11) is 0.